The van der Waals surface area contributed by atoms with E-state index in [-0.39, 0.29) is 0 Å². The molecule has 0 fully saturated rings. The van der Waals surface area contributed by atoms with Crippen LogP contribution < -0.4 is 0 Å². The second kappa shape index (κ2) is 4.78. The number of rotatable bonds is 1. The molecule has 1 aliphatic heterocycles. The van der Waals surface area contributed by atoms with E-state index >= 15 is 0 Å². The number of nitrogens with zero attached hydrogens (tertiary/aromatic N) is 2. The Bertz CT molecular complexity index is 1070. The van der Waals surface area contributed by atoms with Gasteiger partial charge in [0.2, 0.25) is 0 Å². The molecule has 3 heteroatoms. The first kappa shape index (κ1) is 12.6. The van der Waals surface area contributed by atoms with Crippen LogP contribution >= 0.6 is 0 Å². The van der Waals surface area contributed by atoms with Crippen LogP contribution in [0.3, 0.4) is 0 Å². The predicted octanol–water partition coefficient (Wildman–Crippen LogP) is 4.11. The molecule has 23 heavy (non-hydrogen) atoms. The fourth-order valence-electron chi connectivity index (χ4n) is 3.46. The topological polar surface area (TPSA) is 41.0 Å². The van der Waals surface area contributed by atoms with Gasteiger partial charge >= 0.3 is 0 Å². The molecule has 0 radical (unpaired) electrons. The van der Waals surface area contributed by atoms with E-state index in [4.69, 9.17) is 4.99 Å². The summed E-state index contributed by atoms with van der Waals surface area (Å²) in [5, 5.41) is 2.46. The molecule has 3 nitrogen and oxygen atoms in total. The highest BCUT2D eigenvalue weighted by Gasteiger charge is 2.20. The Morgan fingerprint density at radius 3 is 2.83 bits per heavy atom. The van der Waals surface area contributed by atoms with Crippen LogP contribution in [0, 0.1) is 0 Å². The first-order valence-electron chi connectivity index (χ1n) is 7.90. The Kier molecular flexibility index (Phi) is 2.62. The normalized spacial score (nSPS) is 14.0. The maximum Gasteiger partial charge on any atom is 0.0900 e. The quantitative estimate of drug-likeness (QED) is 0.564. The smallest absolute Gasteiger partial charge is 0.0900 e. The highest BCUT2D eigenvalue weighted by molar-refractivity contribution is 6.16. The molecule has 1 aliphatic rings. The zero-order chi connectivity index (χ0) is 15.2. The highest BCUT2D eigenvalue weighted by atomic mass is 14.8. The van der Waals surface area contributed by atoms with E-state index < -0.39 is 0 Å². The average Bonchev–Trinajstić information content (AvgIpc) is 3.00. The van der Waals surface area contributed by atoms with Crippen LogP contribution in [0.2, 0.25) is 0 Å². The van der Waals surface area contributed by atoms with E-state index in [1.165, 1.54) is 16.5 Å². The Morgan fingerprint density at radius 1 is 0.957 bits per heavy atom. The lowest BCUT2D eigenvalue weighted by Crippen LogP contribution is -2.13. The third kappa shape index (κ3) is 1.90. The number of nitrogens with one attached hydrogen (secondary N) is 1. The number of aliphatic imine (C=N–C) groups is 1. The van der Waals surface area contributed by atoms with Crippen LogP contribution in [0.1, 0.15) is 16.8 Å². The summed E-state index contributed by atoms with van der Waals surface area (Å²) >= 11 is 0. The number of pyridine rings is 1. The van der Waals surface area contributed by atoms with Gasteiger partial charge in [0.1, 0.15) is 0 Å². The highest BCUT2D eigenvalue weighted by Crippen LogP contribution is 2.28. The van der Waals surface area contributed by atoms with Crippen LogP contribution in [0.25, 0.3) is 21.8 Å². The minimum Gasteiger partial charge on any atom is -0.353 e. The summed E-state index contributed by atoms with van der Waals surface area (Å²) in [4.78, 5) is 12.9. The molecule has 0 aliphatic carbocycles. The van der Waals surface area contributed by atoms with Gasteiger partial charge in [0.25, 0.3) is 0 Å². The van der Waals surface area contributed by atoms with Gasteiger partial charge < -0.3 is 4.98 Å². The monoisotopic (exact) mass is 297 g/mol. The first-order chi connectivity index (χ1) is 11.4. The Labute approximate surface area is 133 Å². The standard InChI is InChI=1S/C20H15N3/c1-3-7-17-13(5-1)11-14(12-22-17)19-20-16(9-10-21-19)15-6-2-4-8-18(15)23-20/h1-8,11-12,23H,9-10H2. The van der Waals surface area contributed by atoms with Gasteiger partial charge in [-0.05, 0) is 30.2 Å². The first-order valence-corrected chi connectivity index (χ1v) is 7.90. The molecular weight excluding hydrogens is 282 g/mol. The van der Waals surface area contributed by atoms with Crippen molar-refractivity contribution < 1.29 is 0 Å². The number of benzene rings is 2. The molecule has 2 aromatic heterocycles. The van der Waals surface area contributed by atoms with Crippen molar-refractivity contribution in [1.29, 1.82) is 0 Å². The van der Waals surface area contributed by atoms with Gasteiger partial charge in [0.05, 0.1) is 16.9 Å². The van der Waals surface area contributed by atoms with Gasteiger partial charge in [0.15, 0.2) is 0 Å². The van der Waals surface area contributed by atoms with E-state index in [9.17, 15) is 0 Å². The number of aromatic nitrogens is 2. The van der Waals surface area contributed by atoms with Crippen molar-refractivity contribution >= 4 is 27.5 Å². The fraction of sp³-hybridized carbons (Fsp3) is 0.100. The molecule has 4 aromatic rings. The third-order valence-electron chi connectivity index (χ3n) is 4.55. The van der Waals surface area contributed by atoms with Crippen molar-refractivity contribution in [1.82, 2.24) is 9.97 Å². The second-order valence-corrected chi connectivity index (χ2v) is 5.92. The maximum absolute atomic E-state index is 4.79. The summed E-state index contributed by atoms with van der Waals surface area (Å²) in [6, 6.07) is 18.9. The molecule has 2 aromatic carbocycles. The molecule has 0 bridgehead atoms. The minimum atomic E-state index is 0.830. The summed E-state index contributed by atoms with van der Waals surface area (Å²) in [6.45, 7) is 0.830. The summed E-state index contributed by atoms with van der Waals surface area (Å²) in [5.74, 6) is 0. The van der Waals surface area contributed by atoms with Gasteiger partial charge in [-0.25, -0.2) is 0 Å². The summed E-state index contributed by atoms with van der Waals surface area (Å²) < 4.78 is 0. The zero-order valence-electron chi connectivity index (χ0n) is 12.6. The third-order valence-corrected chi connectivity index (χ3v) is 4.55. The summed E-state index contributed by atoms with van der Waals surface area (Å²) in [7, 11) is 0. The molecule has 0 spiro atoms. The molecule has 110 valence electrons. The molecule has 0 atom stereocenters. The molecule has 3 heterocycles. The SMILES string of the molecule is c1ccc2ncc(C3=NCCc4c3[nH]c3ccccc43)cc2c1. The largest absolute Gasteiger partial charge is 0.353 e. The van der Waals surface area contributed by atoms with Crippen molar-refractivity contribution in [3.05, 3.63) is 77.6 Å². The van der Waals surface area contributed by atoms with E-state index in [0.717, 1.165) is 40.8 Å². The second-order valence-electron chi connectivity index (χ2n) is 5.92. The summed E-state index contributed by atoms with van der Waals surface area (Å²) in [6.07, 6.45) is 2.92. The van der Waals surface area contributed by atoms with Crippen molar-refractivity contribution in [2.24, 2.45) is 4.99 Å². The molecule has 0 saturated carbocycles. The number of hydrogen-bond acceptors (Lipinski definition) is 2. The van der Waals surface area contributed by atoms with Gasteiger partial charge in [0, 0.05) is 34.6 Å². The van der Waals surface area contributed by atoms with Crippen LogP contribution in [0.5, 0.6) is 0 Å². The van der Waals surface area contributed by atoms with Gasteiger partial charge in [-0.2, -0.15) is 0 Å². The Morgan fingerprint density at radius 2 is 1.83 bits per heavy atom. The van der Waals surface area contributed by atoms with Gasteiger partial charge in [-0.3, -0.25) is 9.98 Å². The average molecular weight is 297 g/mol. The minimum absolute atomic E-state index is 0.830. The van der Waals surface area contributed by atoms with Crippen molar-refractivity contribution in [2.45, 2.75) is 6.42 Å². The van der Waals surface area contributed by atoms with Crippen molar-refractivity contribution in [3.8, 4) is 0 Å². The summed E-state index contributed by atoms with van der Waals surface area (Å²) in [5.41, 5.74) is 6.83. The van der Waals surface area contributed by atoms with Crippen LogP contribution in [-0.4, -0.2) is 22.2 Å². The van der Waals surface area contributed by atoms with Crippen LogP contribution in [0.15, 0.2) is 65.8 Å². The number of para-hydroxylation sites is 2. The predicted molar refractivity (Wildman–Crippen MR) is 94.3 cm³/mol. The number of H-pyrrole nitrogens is 1. The molecule has 0 saturated heterocycles. The Hall–Kier alpha value is -2.94. The van der Waals surface area contributed by atoms with Crippen molar-refractivity contribution in [3.63, 3.8) is 0 Å². The fourth-order valence-corrected chi connectivity index (χ4v) is 3.46. The van der Waals surface area contributed by atoms with Crippen LogP contribution in [-0.2, 0) is 6.42 Å². The lowest BCUT2D eigenvalue weighted by molar-refractivity contribution is 0.948. The molecule has 0 amide bonds. The maximum atomic E-state index is 4.79. The molecule has 1 N–H and O–H groups in total. The molecule has 0 unspecified atom stereocenters. The number of aromatic amines is 1. The van der Waals surface area contributed by atoms with E-state index in [0.29, 0.717) is 0 Å². The van der Waals surface area contributed by atoms with E-state index in [2.05, 4.69) is 46.4 Å². The van der Waals surface area contributed by atoms with E-state index in [1.807, 2.05) is 24.4 Å². The van der Waals surface area contributed by atoms with Crippen molar-refractivity contribution in [2.75, 3.05) is 6.54 Å². The zero-order valence-corrected chi connectivity index (χ0v) is 12.6. The number of hydrogen-bond donors (Lipinski definition) is 1. The molecular formula is C20H15N3. The van der Waals surface area contributed by atoms with Gasteiger partial charge in [-0.1, -0.05) is 36.4 Å². The van der Waals surface area contributed by atoms with Crippen LogP contribution in [0.4, 0.5) is 0 Å². The Balaban J connectivity index is 1.73. The number of fused-ring (bicyclic) bond motifs is 4. The van der Waals surface area contributed by atoms with E-state index in [1.54, 1.807) is 0 Å². The lowest BCUT2D eigenvalue weighted by Gasteiger charge is -2.14. The van der Waals surface area contributed by atoms with Gasteiger partial charge in [-0.15, -0.1) is 0 Å². The lowest BCUT2D eigenvalue weighted by atomic mass is 9.98. The molecule has 5 rings (SSSR count).